The first-order valence-corrected chi connectivity index (χ1v) is 20.6. The molecule has 10 rings (SSSR count). The summed E-state index contributed by atoms with van der Waals surface area (Å²) < 4.78 is 7.42. The van der Waals surface area contributed by atoms with Crippen molar-refractivity contribution >= 4 is 46.1 Å². The molecule has 0 saturated heterocycles. The third-order valence-corrected chi connectivity index (χ3v) is 11.6. The second-order valence-electron chi connectivity index (χ2n) is 15.8. The monoisotopic (exact) mass is 801 g/mol. The fourth-order valence-corrected chi connectivity index (χ4v) is 8.21. The summed E-state index contributed by atoms with van der Waals surface area (Å²) in [6.07, 6.45) is 16.1. The zero-order chi connectivity index (χ0) is 41.5. The van der Waals surface area contributed by atoms with Gasteiger partial charge >= 0.3 is 0 Å². The number of aromatic nitrogens is 5. The van der Waals surface area contributed by atoms with E-state index in [1.165, 1.54) is 0 Å². The van der Waals surface area contributed by atoms with Crippen molar-refractivity contribution in [1.82, 2.24) is 24.5 Å². The highest BCUT2D eigenvalue weighted by atomic mass is 16.5. The van der Waals surface area contributed by atoms with Gasteiger partial charge in [-0.3, -0.25) is 14.4 Å². The number of carbonyl (C=O) groups is 2. The first kappa shape index (κ1) is 38.6. The van der Waals surface area contributed by atoms with Gasteiger partial charge in [-0.05, 0) is 116 Å². The Bertz CT molecular complexity index is 2720. The maximum atomic E-state index is 12.4. The fourth-order valence-electron chi connectivity index (χ4n) is 8.21. The van der Waals surface area contributed by atoms with Gasteiger partial charge in [-0.25, -0.2) is 19.9 Å². The average Bonchev–Trinajstić information content (AvgIpc) is 4.19. The predicted molar refractivity (Wildman–Crippen MR) is 234 cm³/mol. The summed E-state index contributed by atoms with van der Waals surface area (Å²) in [7, 11) is 3.69. The number of Topliss-reactive ketones (excluding diaryl/α,β-unsaturated/α-hetero) is 2. The van der Waals surface area contributed by atoms with Gasteiger partial charge in [-0.1, -0.05) is 12.1 Å². The van der Waals surface area contributed by atoms with E-state index < -0.39 is 0 Å². The van der Waals surface area contributed by atoms with E-state index in [0.717, 1.165) is 111 Å². The lowest BCUT2D eigenvalue weighted by atomic mass is 9.94. The van der Waals surface area contributed by atoms with E-state index in [1.54, 1.807) is 23.0 Å². The quantitative estimate of drug-likeness (QED) is 0.0986. The molecule has 6 aromatic rings. The minimum Gasteiger partial charge on any atom is -0.473 e. The minimum atomic E-state index is 0.0145. The Balaban J connectivity index is 0.000000154. The second-order valence-corrected chi connectivity index (χ2v) is 15.8. The molecule has 0 radical (unpaired) electrons. The summed E-state index contributed by atoms with van der Waals surface area (Å²) in [5, 5.41) is 12.7. The fraction of sp³-hybridized carbons (Fsp3) is 0.298. The number of benzene rings is 2. The van der Waals surface area contributed by atoms with Crippen LogP contribution in [0, 0.1) is 13.8 Å². The molecule has 0 unspecified atom stereocenters. The number of pyridine rings is 3. The number of fused-ring (bicyclic) bond motifs is 2. The summed E-state index contributed by atoms with van der Waals surface area (Å²) >= 11 is 0. The van der Waals surface area contributed by atoms with Gasteiger partial charge in [0.1, 0.15) is 23.6 Å². The van der Waals surface area contributed by atoms with Crippen LogP contribution in [0.25, 0.3) is 22.3 Å². The van der Waals surface area contributed by atoms with Gasteiger partial charge in [-0.2, -0.15) is 0 Å². The Morgan fingerprint density at radius 2 is 1.17 bits per heavy atom. The lowest BCUT2D eigenvalue weighted by Gasteiger charge is -2.15. The molecule has 0 amide bonds. The molecule has 0 spiro atoms. The van der Waals surface area contributed by atoms with Crippen LogP contribution in [-0.2, 0) is 12.8 Å². The number of carbonyl (C=O) groups excluding carboxylic acids is 2. The van der Waals surface area contributed by atoms with Crippen LogP contribution in [-0.4, -0.2) is 56.3 Å². The molecular formula is C47H47N9O4. The summed E-state index contributed by atoms with van der Waals surface area (Å²) in [4.78, 5) is 54.8. The molecular weight excluding hydrogens is 755 g/mol. The molecule has 2 fully saturated rings. The SMILES string of the molecule is CNc1ccc(-c2cnc(Nc3ccn(C4CC4)c(=O)c3)cc2C)c2c1C(=O)CC2.CNc1ccc(-c2cnc(Nc3cnc(OC4CC4)cn3)cc2C)c2c1C(=O)CC2. The van der Waals surface area contributed by atoms with Gasteiger partial charge in [0.25, 0.3) is 5.56 Å². The molecule has 4 N–H and O–H groups in total. The first-order valence-electron chi connectivity index (χ1n) is 20.6. The molecule has 4 aliphatic rings. The molecule has 4 aromatic heterocycles. The van der Waals surface area contributed by atoms with E-state index >= 15 is 0 Å². The van der Waals surface area contributed by atoms with Crippen molar-refractivity contribution in [2.45, 2.75) is 77.4 Å². The molecule has 0 atom stereocenters. The van der Waals surface area contributed by atoms with Crippen LogP contribution in [0.15, 0.2) is 84.3 Å². The van der Waals surface area contributed by atoms with Crippen molar-refractivity contribution in [1.29, 1.82) is 0 Å². The largest absolute Gasteiger partial charge is 0.473 e. The molecule has 2 saturated carbocycles. The van der Waals surface area contributed by atoms with E-state index in [-0.39, 0.29) is 17.1 Å². The minimum absolute atomic E-state index is 0.0145. The van der Waals surface area contributed by atoms with Crippen LogP contribution < -0.4 is 31.6 Å². The molecule has 2 aromatic carbocycles. The number of ether oxygens (including phenoxy) is 1. The molecule has 60 heavy (non-hydrogen) atoms. The first-order chi connectivity index (χ1) is 29.2. The van der Waals surface area contributed by atoms with Crippen molar-refractivity contribution < 1.29 is 14.3 Å². The summed E-state index contributed by atoms with van der Waals surface area (Å²) in [5.41, 5.74) is 12.7. The highest BCUT2D eigenvalue weighted by molar-refractivity contribution is 6.08. The maximum absolute atomic E-state index is 12.4. The number of hydrogen-bond donors (Lipinski definition) is 4. The van der Waals surface area contributed by atoms with E-state index in [0.29, 0.717) is 48.3 Å². The lowest BCUT2D eigenvalue weighted by molar-refractivity contribution is 0.0987. The number of nitrogens with one attached hydrogen (secondary N) is 4. The zero-order valence-electron chi connectivity index (χ0n) is 34.2. The highest BCUT2D eigenvalue weighted by Crippen LogP contribution is 2.40. The predicted octanol–water partition coefficient (Wildman–Crippen LogP) is 8.77. The van der Waals surface area contributed by atoms with Crippen LogP contribution in [0.5, 0.6) is 5.88 Å². The number of nitrogens with zero attached hydrogens (tertiary/aromatic N) is 5. The van der Waals surface area contributed by atoms with Crippen LogP contribution in [0.1, 0.15) is 87.5 Å². The molecule has 4 aliphatic carbocycles. The summed E-state index contributed by atoms with van der Waals surface area (Å²) in [5.74, 6) is 2.95. The van der Waals surface area contributed by atoms with Crippen molar-refractivity contribution in [2.75, 3.05) is 35.4 Å². The number of aryl methyl sites for hydroxylation is 2. The van der Waals surface area contributed by atoms with Crippen LogP contribution >= 0.6 is 0 Å². The van der Waals surface area contributed by atoms with Gasteiger partial charge in [-0.15, -0.1) is 0 Å². The molecule has 4 heterocycles. The molecule has 0 aliphatic heterocycles. The third kappa shape index (κ3) is 7.82. The number of anilines is 6. The Morgan fingerprint density at radius 1 is 0.600 bits per heavy atom. The van der Waals surface area contributed by atoms with E-state index in [2.05, 4.69) is 60.3 Å². The van der Waals surface area contributed by atoms with E-state index in [4.69, 9.17) is 4.74 Å². The Morgan fingerprint density at radius 3 is 1.65 bits per heavy atom. The topological polar surface area (TPSA) is 165 Å². The molecule has 13 heteroatoms. The maximum Gasteiger partial charge on any atom is 0.252 e. The zero-order valence-corrected chi connectivity index (χ0v) is 34.2. The van der Waals surface area contributed by atoms with Gasteiger partial charge in [0.2, 0.25) is 5.88 Å². The molecule has 0 bridgehead atoms. The van der Waals surface area contributed by atoms with Crippen molar-refractivity contribution in [3.05, 3.63) is 123 Å². The van der Waals surface area contributed by atoms with Crippen molar-refractivity contribution in [3.63, 3.8) is 0 Å². The lowest BCUT2D eigenvalue weighted by Crippen LogP contribution is -2.17. The Kier molecular flexibility index (Phi) is 10.3. The highest BCUT2D eigenvalue weighted by Gasteiger charge is 2.29. The van der Waals surface area contributed by atoms with Gasteiger partial charge in [0.15, 0.2) is 11.6 Å². The number of rotatable bonds is 11. The third-order valence-electron chi connectivity index (χ3n) is 11.6. The van der Waals surface area contributed by atoms with E-state index in [9.17, 15) is 14.4 Å². The number of hydrogen-bond acceptors (Lipinski definition) is 12. The van der Waals surface area contributed by atoms with E-state index in [1.807, 2.05) is 69.9 Å². The van der Waals surface area contributed by atoms with Crippen LogP contribution in [0.3, 0.4) is 0 Å². The molecule has 304 valence electrons. The summed E-state index contributed by atoms with van der Waals surface area (Å²) in [6.45, 7) is 4.10. The van der Waals surface area contributed by atoms with Gasteiger partial charge in [0, 0.05) is 97.0 Å². The number of ketones is 2. The Hall–Kier alpha value is -6.89. The van der Waals surface area contributed by atoms with Crippen molar-refractivity contribution in [2.24, 2.45) is 0 Å². The van der Waals surface area contributed by atoms with Crippen LogP contribution in [0.4, 0.5) is 34.5 Å². The summed E-state index contributed by atoms with van der Waals surface area (Å²) in [6, 6.07) is 16.0. The van der Waals surface area contributed by atoms with Crippen LogP contribution in [0.2, 0.25) is 0 Å². The van der Waals surface area contributed by atoms with Gasteiger partial charge in [0.05, 0.1) is 12.4 Å². The van der Waals surface area contributed by atoms with Gasteiger partial charge < -0.3 is 30.6 Å². The normalized spacial score (nSPS) is 15.1. The molecule has 13 nitrogen and oxygen atoms in total. The second kappa shape index (κ2) is 16.0. The van der Waals surface area contributed by atoms with Crippen molar-refractivity contribution in [3.8, 4) is 28.1 Å². The standard InChI is InChI=1S/C24H24N4O2.C23H23N5O2/c1-14-11-22(27-15-9-10-28(16-3-4-16)23(30)12-15)26-13-19(14)17-5-7-20(25-2)24-18(17)6-8-21(24)29;1-13-9-20(28-21-11-27-22(12-26-21)30-14-3-4-14)25-10-17(13)15-5-7-18(24-2)23-16(15)6-8-19(23)29/h5,7,9-13,16,25H,3-4,6,8H2,1-2H3,(H,26,27);5,7,9-12,14,24H,3-4,6,8H2,1-2H3,(H,25,26,28). The Labute approximate surface area is 348 Å². The smallest absolute Gasteiger partial charge is 0.252 e. The average molecular weight is 802 g/mol.